The molecule has 4 rings (SSSR count). The van der Waals surface area contributed by atoms with Crippen molar-refractivity contribution in [2.45, 2.75) is 6.42 Å². The molecule has 0 bridgehead atoms. The van der Waals surface area contributed by atoms with Gasteiger partial charge in [-0.05, 0) is 30.3 Å². The molecule has 0 aliphatic carbocycles. The van der Waals surface area contributed by atoms with E-state index < -0.39 is 0 Å². The first-order valence-corrected chi connectivity index (χ1v) is 9.64. The van der Waals surface area contributed by atoms with Crippen LogP contribution in [0.15, 0.2) is 34.8 Å². The van der Waals surface area contributed by atoms with Gasteiger partial charge in [0.05, 0.1) is 26.9 Å². The van der Waals surface area contributed by atoms with Gasteiger partial charge in [0, 0.05) is 22.0 Å². The van der Waals surface area contributed by atoms with Crippen LogP contribution in [-0.4, -0.2) is 31.3 Å². The topological polar surface area (TPSA) is 65.6 Å². The standard InChI is InChI=1S/C20H17BrN2O4S/c1-24-15-8-11(9-16(25-2)17(15)26-3)18-22-19-13(20(28)23-18)7-10-6-12(21)4-5-14(10)27-19/h4-6,8-9H,7H2,1-3H3,(H,22,23,28). The van der Waals surface area contributed by atoms with Crippen molar-refractivity contribution >= 4 is 28.1 Å². The number of ether oxygens (including phenoxy) is 4. The molecule has 1 aliphatic heterocycles. The van der Waals surface area contributed by atoms with Crippen LogP contribution >= 0.6 is 28.1 Å². The highest BCUT2D eigenvalue weighted by molar-refractivity contribution is 9.10. The van der Waals surface area contributed by atoms with Gasteiger partial charge in [-0.1, -0.05) is 28.1 Å². The predicted molar refractivity (Wildman–Crippen MR) is 112 cm³/mol. The monoisotopic (exact) mass is 460 g/mol. The molecule has 0 fully saturated rings. The Kier molecular flexibility index (Phi) is 4.99. The van der Waals surface area contributed by atoms with Crippen molar-refractivity contribution in [2.24, 2.45) is 0 Å². The van der Waals surface area contributed by atoms with Crippen molar-refractivity contribution in [3.05, 3.63) is 50.6 Å². The van der Waals surface area contributed by atoms with E-state index in [1.165, 1.54) is 0 Å². The first-order valence-electron chi connectivity index (χ1n) is 8.44. The highest BCUT2D eigenvalue weighted by Gasteiger charge is 2.22. The van der Waals surface area contributed by atoms with Gasteiger partial charge in [0.1, 0.15) is 16.2 Å². The lowest BCUT2D eigenvalue weighted by Gasteiger charge is -2.21. The molecule has 8 heteroatoms. The predicted octanol–water partition coefficient (Wildman–Crippen LogP) is 5.29. The fourth-order valence-electron chi connectivity index (χ4n) is 3.16. The number of halogens is 1. The van der Waals surface area contributed by atoms with Crippen molar-refractivity contribution in [1.29, 1.82) is 0 Å². The fourth-order valence-corrected chi connectivity index (χ4v) is 3.83. The third kappa shape index (κ3) is 3.22. The highest BCUT2D eigenvalue weighted by Crippen LogP contribution is 2.42. The van der Waals surface area contributed by atoms with Gasteiger partial charge in [-0.15, -0.1) is 0 Å². The molecule has 0 saturated heterocycles. The Morgan fingerprint density at radius 2 is 1.79 bits per heavy atom. The summed E-state index contributed by atoms with van der Waals surface area (Å²) in [4.78, 5) is 7.83. The first-order chi connectivity index (χ1) is 13.5. The van der Waals surface area contributed by atoms with E-state index in [-0.39, 0.29) is 0 Å². The van der Waals surface area contributed by atoms with Crippen LogP contribution in [0.4, 0.5) is 0 Å². The number of benzene rings is 2. The van der Waals surface area contributed by atoms with E-state index in [2.05, 4.69) is 25.9 Å². The van der Waals surface area contributed by atoms with Gasteiger partial charge in [0.2, 0.25) is 11.6 Å². The Morgan fingerprint density at radius 3 is 2.43 bits per heavy atom. The number of hydrogen-bond acceptors (Lipinski definition) is 6. The van der Waals surface area contributed by atoms with Crippen LogP contribution in [-0.2, 0) is 6.42 Å². The zero-order chi connectivity index (χ0) is 19.8. The molecule has 1 aromatic heterocycles. The summed E-state index contributed by atoms with van der Waals surface area (Å²) in [5.74, 6) is 3.53. The molecule has 144 valence electrons. The molecule has 2 aromatic carbocycles. The maximum Gasteiger partial charge on any atom is 0.205 e. The Balaban J connectivity index is 1.82. The summed E-state index contributed by atoms with van der Waals surface area (Å²) in [6, 6.07) is 9.53. The molecule has 1 N–H and O–H groups in total. The van der Waals surface area contributed by atoms with Crippen molar-refractivity contribution in [3.63, 3.8) is 0 Å². The molecule has 0 saturated carbocycles. The minimum absolute atomic E-state index is 0.489. The number of fused-ring (bicyclic) bond motifs is 2. The Bertz CT molecular complexity index is 1100. The van der Waals surface area contributed by atoms with E-state index in [9.17, 15) is 0 Å². The first kappa shape index (κ1) is 18.8. The molecule has 1 aliphatic rings. The molecule has 3 aromatic rings. The third-order valence-corrected chi connectivity index (χ3v) is 5.35. The number of methoxy groups -OCH3 is 3. The van der Waals surface area contributed by atoms with Gasteiger partial charge in [-0.3, -0.25) is 0 Å². The van der Waals surface area contributed by atoms with Crippen LogP contribution in [0.3, 0.4) is 0 Å². The van der Waals surface area contributed by atoms with Crippen LogP contribution in [0, 0.1) is 4.64 Å². The van der Waals surface area contributed by atoms with E-state index in [1.54, 1.807) is 21.3 Å². The SMILES string of the molecule is COc1cc(-c2nc(=S)c3c([nH]2)Oc2ccc(Br)cc2C3)cc(OC)c1OC. The molecular weight excluding hydrogens is 444 g/mol. The molecule has 28 heavy (non-hydrogen) atoms. The highest BCUT2D eigenvalue weighted by atomic mass is 79.9. The minimum Gasteiger partial charge on any atom is -0.493 e. The average Bonchev–Trinajstić information content (AvgIpc) is 2.71. The summed E-state index contributed by atoms with van der Waals surface area (Å²) in [6.45, 7) is 0. The van der Waals surface area contributed by atoms with Crippen molar-refractivity contribution in [3.8, 4) is 40.3 Å². The number of nitrogens with zero attached hydrogens (tertiary/aromatic N) is 1. The lowest BCUT2D eigenvalue weighted by atomic mass is 10.0. The summed E-state index contributed by atoms with van der Waals surface area (Å²) >= 11 is 9.04. The molecule has 0 atom stereocenters. The molecule has 0 amide bonds. The molecule has 0 spiro atoms. The molecule has 0 unspecified atom stereocenters. The second kappa shape index (κ2) is 7.44. The smallest absolute Gasteiger partial charge is 0.205 e. The van der Waals surface area contributed by atoms with Gasteiger partial charge in [-0.25, -0.2) is 4.98 Å². The van der Waals surface area contributed by atoms with Gasteiger partial charge in [0.25, 0.3) is 0 Å². The maximum absolute atomic E-state index is 6.06. The third-order valence-electron chi connectivity index (χ3n) is 4.52. The van der Waals surface area contributed by atoms with E-state index in [0.717, 1.165) is 26.9 Å². The van der Waals surface area contributed by atoms with Gasteiger partial charge < -0.3 is 23.9 Å². The Morgan fingerprint density at radius 1 is 1.07 bits per heavy atom. The van der Waals surface area contributed by atoms with Crippen molar-refractivity contribution in [2.75, 3.05) is 21.3 Å². The number of rotatable bonds is 4. The van der Waals surface area contributed by atoms with E-state index in [1.807, 2.05) is 30.3 Å². The lowest BCUT2D eigenvalue weighted by molar-refractivity contribution is 0.324. The summed E-state index contributed by atoms with van der Waals surface area (Å²) in [5, 5.41) is 0. The molecular formula is C20H17BrN2O4S. The summed E-state index contributed by atoms with van der Waals surface area (Å²) in [5.41, 5.74) is 2.66. The largest absolute Gasteiger partial charge is 0.493 e. The Hall–Kier alpha value is -2.58. The quantitative estimate of drug-likeness (QED) is 0.417. The summed E-state index contributed by atoms with van der Waals surface area (Å²) in [7, 11) is 4.71. The lowest BCUT2D eigenvalue weighted by Crippen LogP contribution is -2.08. The van der Waals surface area contributed by atoms with Gasteiger partial charge in [-0.2, -0.15) is 0 Å². The van der Waals surface area contributed by atoms with Gasteiger partial charge >= 0.3 is 0 Å². The number of H-pyrrole nitrogens is 1. The average molecular weight is 461 g/mol. The number of aromatic nitrogens is 2. The van der Waals surface area contributed by atoms with Gasteiger partial charge in [0.15, 0.2) is 11.5 Å². The summed E-state index contributed by atoms with van der Waals surface area (Å²) in [6.07, 6.45) is 0.655. The summed E-state index contributed by atoms with van der Waals surface area (Å²) < 4.78 is 23.8. The maximum atomic E-state index is 6.06. The van der Waals surface area contributed by atoms with E-state index >= 15 is 0 Å². The van der Waals surface area contributed by atoms with Crippen LogP contribution < -0.4 is 18.9 Å². The second-order valence-electron chi connectivity index (χ2n) is 6.14. The van der Waals surface area contributed by atoms with E-state index in [0.29, 0.717) is 40.0 Å². The molecule has 6 nitrogen and oxygen atoms in total. The number of nitrogens with one attached hydrogen (secondary N) is 1. The normalized spacial score (nSPS) is 11.9. The van der Waals surface area contributed by atoms with Crippen LogP contribution in [0.25, 0.3) is 11.4 Å². The number of aromatic amines is 1. The fraction of sp³-hybridized carbons (Fsp3) is 0.200. The van der Waals surface area contributed by atoms with Crippen molar-refractivity contribution < 1.29 is 18.9 Å². The van der Waals surface area contributed by atoms with Crippen LogP contribution in [0.1, 0.15) is 11.1 Å². The van der Waals surface area contributed by atoms with Crippen molar-refractivity contribution in [1.82, 2.24) is 9.97 Å². The minimum atomic E-state index is 0.489. The van der Waals surface area contributed by atoms with Crippen LogP contribution in [0.2, 0.25) is 0 Å². The number of hydrogen-bond donors (Lipinski definition) is 1. The second-order valence-corrected chi connectivity index (χ2v) is 7.45. The van der Waals surface area contributed by atoms with Crippen LogP contribution in [0.5, 0.6) is 28.9 Å². The molecule has 2 heterocycles. The van der Waals surface area contributed by atoms with E-state index in [4.69, 9.17) is 31.2 Å². The Labute approximate surface area is 175 Å². The zero-order valence-corrected chi connectivity index (χ0v) is 17.9. The zero-order valence-electron chi connectivity index (χ0n) is 15.5. The molecule has 0 radical (unpaired) electrons.